The largest absolute Gasteiger partial charge is 0.444 e. The van der Waals surface area contributed by atoms with Crippen LogP contribution in [-0.2, 0) is 25.9 Å². The van der Waals surface area contributed by atoms with Crippen molar-refractivity contribution in [1.29, 1.82) is 0 Å². The Balaban J connectivity index is 1.24. The summed E-state index contributed by atoms with van der Waals surface area (Å²) in [6, 6.07) is 8.89. The van der Waals surface area contributed by atoms with Crippen LogP contribution in [0.3, 0.4) is 0 Å². The molecule has 294 valence electrons. The molecule has 0 saturated heterocycles. The number of ether oxygens (including phenoxy) is 1. The zero-order chi connectivity index (χ0) is 38.8. The molecule has 4 saturated carbocycles. The lowest BCUT2D eigenvalue weighted by molar-refractivity contribution is -0.282. The normalized spacial score (nSPS) is 37.3. The fourth-order valence-corrected chi connectivity index (χ4v) is 13.5. The molecule has 1 N–H and O–H groups in total. The summed E-state index contributed by atoms with van der Waals surface area (Å²) in [5, 5.41) is 3.34. The van der Waals surface area contributed by atoms with Crippen LogP contribution in [0.5, 0.6) is 0 Å². The van der Waals surface area contributed by atoms with Gasteiger partial charge in [-0.15, -0.1) is 0 Å². The van der Waals surface area contributed by atoms with E-state index in [0.29, 0.717) is 49.3 Å². The fourth-order valence-electron chi connectivity index (χ4n) is 13.5. The number of carbonyl (C=O) groups is 2. The van der Waals surface area contributed by atoms with E-state index in [1.54, 1.807) is 19.1 Å². The van der Waals surface area contributed by atoms with Crippen LogP contribution in [0, 0.1) is 56.7 Å². The predicted octanol–water partition coefficient (Wildman–Crippen LogP) is 10.4. The molecular formula is C46H70N2O5. The Hall–Kier alpha value is -2.64. The molecule has 9 atom stereocenters. The van der Waals surface area contributed by atoms with E-state index in [1.807, 2.05) is 20.8 Å². The van der Waals surface area contributed by atoms with Gasteiger partial charge in [-0.1, -0.05) is 77.1 Å². The van der Waals surface area contributed by atoms with E-state index in [0.717, 1.165) is 37.7 Å². The van der Waals surface area contributed by atoms with Crippen LogP contribution in [0.1, 0.15) is 131 Å². The van der Waals surface area contributed by atoms with Gasteiger partial charge in [0.1, 0.15) is 12.2 Å². The molecule has 6 rings (SSSR count). The lowest BCUT2D eigenvalue weighted by atomic mass is 9.32. The highest BCUT2D eigenvalue weighted by Gasteiger charge is 2.71. The molecule has 4 fully saturated rings. The maximum atomic E-state index is 14.5. The number of fused-ring (bicyclic) bond motifs is 7. The van der Waals surface area contributed by atoms with E-state index in [9.17, 15) is 9.59 Å². The van der Waals surface area contributed by atoms with Crippen LogP contribution in [0.15, 0.2) is 42.5 Å². The van der Waals surface area contributed by atoms with Crippen LogP contribution in [-0.4, -0.2) is 49.7 Å². The lowest BCUT2D eigenvalue weighted by Gasteiger charge is -2.72. The molecule has 0 bridgehead atoms. The average molecular weight is 731 g/mol. The first-order valence-electron chi connectivity index (χ1n) is 20.6. The number of rotatable bonds is 9. The molecule has 0 aromatic heterocycles. The number of allylic oxidation sites excluding steroid dienone is 3. The molecule has 5 aliphatic carbocycles. The number of benzene rings is 1. The van der Waals surface area contributed by atoms with Crippen molar-refractivity contribution in [3.63, 3.8) is 0 Å². The van der Waals surface area contributed by atoms with E-state index >= 15 is 0 Å². The smallest absolute Gasteiger partial charge is 0.410 e. The fraction of sp³-hybridized carbons (Fsp3) is 0.739. The standard InChI is InChI=1S/C46H70N2O5/c1-30(2)33-19-24-46(39(49)47-27-28-48(11)40(50)53-41(3,4)5)26-25-44(9)35(38(33)46)17-18-37-43(8)22-20-34(32-15-13-31(14-16-32)29-52-51-12)42(6,7)36(43)21-23-45(37,44)10/h13-16,20,33,35-38H,1,17-19,21-29H2,2-12H3,(H,47,49)/t33-,35+,36-,37+,38+,43-,44+,45+,46-/m0/s1. The second kappa shape index (κ2) is 14.1. The van der Waals surface area contributed by atoms with Crippen molar-refractivity contribution in [1.82, 2.24) is 10.2 Å². The molecule has 0 heterocycles. The number of nitrogens with one attached hydrogen (secondary N) is 1. The average Bonchev–Trinajstić information content (AvgIpc) is 3.48. The van der Waals surface area contributed by atoms with Gasteiger partial charge in [0.25, 0.3) is 0 Å². The Kier molecular flexibility index (Phi) is 10.7. The lowest BCUT2D eigenvalue weighted by Crippen LogP contribution is -2.66. The molecule has 5 aliphatic rings. The molecule has 1 aromatic rings. The van der Waals surface area contributed by atoms with Gasteiger partial charge < -0.3 is 15.0 Å². The molecule has 0 spiro atoms. The first kappa shape index (κ1) is 40.0. The molecule has 7 heteroatoms. The summed E-state index contributed by atoms with van der Waals surface area (Å²) < 4.78 is 5.55. The van der Waals surface area contributed by atoms with Gasteiger partial charge in [-0.2, -0.15) is 0 Å². The summed E-state index contributed by atoms with van der Waals surface area (Å²) in [4.78, 5) is 38.7. The van der Waals surface area contributed by atoms with Crippen LogP contribution >= 0.6 is 0 Å². The quantitative estimate of drug-likeness (QED) is 0.156. The number of hydrogen-bond acceptors (Lipinski definition) is 5. The number of likely N-dealkylation sites (N-methyl/N-ethyl adjacent to an activating group) is 1. The van der Waals surface area contributed by atoms with Gasteiger partial charge in [-0.3, -0.25) is 4.79 Å². The van der Waals surface area contributed by atoms with Crippen LogP contribution < -0.4 is 5.32 Å². The Morgan fingerprint density at radius 2 is 1.62 bits per heavy atom. The Bertz CT molecular complexity index is 1590. The van der Waals surface area contributed by atoms with E-state index in [-0.39, 0.29) is 39.1 Å². The maximum absolute atomic E-state index is 14.5. The highest BCUT2D eigenvalue weighted by Crippen LogP contribution is 2.77. The van der Waals surface area contributed by atoms with Crippen molar-refractivity contribution in [2.75, 3.05) is 27.2 Å². The monoisotopic (exact) mass is 731 g/mol. The van der Waals surface area contributed by atoms with Crippen molar-refractivity contribution in [2.45, 2.75) is 132 Å². The minimum Gasteiger partial charge on any atom is -0.444 e. The third kappa shape index (κ3) is 6.62. The molecule has 1 aromatic carbocycles. The molecule has 0 aliphatic heterocycles. The summed E-state index contributed by atoms with van der Waals surface area (Å²) >= 11 is 0. The zero-order valence-corrected chi connectivity index (χ0v) is 35.0. The summed E-state index contributed by atoms with van der Waals surface area (Å²) in [7, 11) is 3.30. The molecule has 2 amide bonds. The van der Waals surface area contributed by atoms with Gasteiger partial charge in [0.15, 0.2) is 0 Å². The number of carbonyl (C=O) groups excluding carboxylic acids is 2. The highest BCUT2D eigenvalue weighted by atomic mass is 17.2. The van der Waals surface area contributed by atoms with Crippen molar-refractivity contribution in [2.24, 2.45) is 56.7 Å². The summed E-state index contributed by atoms with van der Waals surface area (Å²) in [5.41, 5.74) is 4.88. The molecule has 53 heavy (non-hydrogen) atoms. The summed E-state index contributed by atoms with van der Waals surface area (Å²) in [5.74, 6) is 2.59. The van der Waals surface area contributed by atoms with E-state index in [1.165, 1.54) is 42.4 Å². The molecular weight excluding hydrogens is 661 g/mol. The Morgan fingerprint density at radius 3 is 2.26 bits per heavy atom. The Morgan fingerprint density at radius 1 is 0.925 bits per heavy atom. The van der Waals surface area contributed by atoms with Crippen molar-refractivity contribution in [3.05, 3.63) is 53.6 Å². The van der Waals surface area contributed by atoms with E-state index in [4.69, 9.17) is 14.5 Å². The summed E-state index contributed by atoms with van der Waals surface area (Å²) in [6.07, 6.45) is 12.3. The van der Waals surface area contributed by atoms with Gasteiger partial charge in [-0.05, 0) is 153 Å². The number of hydrogen-bond donors (Lipinski definition) is 1. The van der Waals surface area contributed by atoms with Crippen LogP contribution in [0.4, 0.5) is 4.79 Å². The predicted molar refractivity (Wildman–Crippen MR) is 212 cm³/mol. The first-order chi connectivity index (χ1) is 24.7. The van der Waals surface area contributed by atoms with Gasteiger partial charge in [0.2, 0.25) is 5.91 Å². The maximum Gasteiger partial charge on any atom is 0.410 e. The van der Waals surface area contributed by atoms with Crippen molar-refractivity contribution in [3.8, 4) is 0 Å². The van der Waals surface area contributed by atoms with Crippen LogP contribution in [0.25, 0.3) is 5.57 Å². The second-order valence-corrected chi connectivity index (χ2v) is 20.2. The van der Waals surface area contributed by atoms with Gasteiger partial charge >= 0.3 is 6.09 Å². The van der Waals surface area contributed by atoms with Gasteiger partial charge in [0, 0.05) is 20.1 Å². The van der Waals surface area contributed by atoms with Crippen molar-refractivity contribution >= 4 is 17.6 Å². The van der Waals surface area contributed by atoms with Crippen molar-refractivity contribution < 1.29 is 24.1 Å². The first-order valence-corrected chi connectivity index (χ1v) is 20.6. The topological polar surface area (TPSA) is 77.1 Å². The second-order valence-electron chi connectivity index (χ2n) is 20.2. The summed E-state index contributed by atoms with van der Waals surface area (Å²) in [6.45, 7) is 26.6. The van der Waals surface area contributed by atoms with E-state index in [2.05, 4.69) is 83.8 Å². The number of nitrogens with zero attached hydrogens (tertiary/aromatic N) is 1. The van der Waals surface area contributed by atoms with Crippen LogP contribution in [0.2, 0.25) is 0 Å². The number of amides is 2. The highest BCUT2D eigenvalue weighted by molar-refractivity contribution is 5.84. The van der Waals surface area contributed by atoms with Gasteiger partial charge in [0.05, 0.1) is 12.5 Å². The minimum atomic E-state index is -0.552. The third-order valence-corrected chi connectivity index (χ3v) is 16.1. The third-order valence-electron chi connectivity index (χ3n) is 16.1. The molecule has 0 unspecified atom stereocenters. The Labute approximate surface area is 321 Å². The molecule has 7 nitrogen and oxygen atoms in total. The zero-order valence-electron chi connectivity index (χ0n) is 35.0. The van der Waals surface area contributed by atoms with Gasteiger partial charge in [-0.25, -0.2) is 14.6 Å². The molecule has 0 radical (unpaired) electrons. The SMILES string of the molecule is C=C(C)[C@@H]1CC[C@]2(C(=O)NCCN(C)C(=O)OC(C)(C)C)CC[C@]3(C)[C@H](CC[C@@H]4[C@@]5(C)CC=C(c6ccc(COOC)cc6)C(C)(C)[C@@H]5CC[C@]43C)[C@@H]12. The minimum absolute atomic E-state index is 0.0600. The van der Waals surface area contributed by atoms with E-state index < -0.39 is 5.60 Å².